The van der Waals surface area contributed by atoms with Gasteiger partial charge in [-0.3, -0.25) is 4.79 Å². The molecular weight excluding hydrogens is 333 g/mol. The van der Waals surface area contributed by atoms with Crippen molar-refractivity contribution in [2.45, 2.75) is 12.3 Å². The van der Waals surface area contributed by atoms with Crippen LogP contribution in [0.5, 0.6) is 0 Å². The van der Waals surface area contributed by atoms with Gasteiger partial charge >= 0.3 is 5.97 Å². The average Bonchev–Trinajstić information content (AvgIpc) is 3.37. The monoisotopic (exact) mass is 347 g/mol. The maximum absolute atomic E-state index is 13.0. The van der Waals surface area contributed by atoms with Gasteiger partial charge in [0.2, 0.25) is 5.91 Å². The average molecular weight is 348 g/mol. The van der Waals surface area contributed by atoms with Gasteiger partial charge < -0.3 is 10.1 Å². The summed E-state index contributed by atoms with van der Waals surface area (Å²) in [7, 11) is 1.28. The second-order valence-electron chi connectivity index (χ2n) is 5.68. The topological polar surface area (TPSA) is 55.4 Å². The molecule has 2 aromatic rings. The van der Waals surface area contributed by atoms with E-state index in [1.54, 1.807) is 12.1 Å². The SMILES string of the molecule is COC(=O)c1ccc(Cl)c(NC(=O)C2CC2c2ccc(F)cc2)c1. The number of esters is 1. The zero-order valence-electron chi connectivity index (χ0n) is 12.9. The van der Waals surface area contributed by atoms with Crippen molar-refractivity contribution in [1.82, 2.24) is 0 Å². The Hall–Kier alpha value is -2.40. The lowest BCUT2D eigenvalue weighted by Gasteiger charge is -2.09. The highest BCUT2D eigenvalue weighted by atomic mass is 35.5. The number of carbonyl (C=O) groups excluding carboxylic acids is 2. The molecule has 124 valence electrons. The molecule has 6 heteroatoms. The molecule has 2 aromatic carbocycles. The summed E-state index contributed by atoms with van der Waals surface area (Å²) in [5.41, 5.74) is 1.61. The molecule has 0 radical (unpaired) electrons. The lowest BCUT2D eigenvalue weighted by Crippen LogP contribution is -2.15. The predicted octanol–water partition coefficient (Wildman–Crippen LogP) is 4.01. The van der Waals surface area contributed by atoms with Gasteiger partial charge in [0.25, 0.3) is 0 Å². The smallest absolute Gasteiger partial charge is 0.337 e. The van der Waals surface area contributed by atoms with Crippen molar-refractivity contribution < 1.29 is 18.7 Å². The van der Waals surface area contributed by atoms with E-state index < -0.39 is 5.97 Å². The number of ether oxygens (including phenoxy) is 1. The van der Waals surface area contributed by atoms with Crippen LogP contribution in [0.4, 0.5) is 10.1 Å². The quantitative estimate of drug-likeness (QED) is 0.850. The van der Waals surface area contributed by atoms with Crippen molar-refractivity contribution in [1.29, 1.82) is 0 Å². The lowest BCUT2D eigenvalue weighted by atomic mass is 10.1. The molecule has 1 amide bonds. The fourth-order valence-electron chi connectivity index (χ4n) is 2.65. The van der Waals surface area contributed by atoms with E-state index >= 15 is 0 Å². The number of methoxy groups -OCH3 is 1. The third kappa shape index (κ3) is 3.41. The van der Waals surface area contributed by atoms with Crippen molar-refractivity contribution in [2.75, 3.05) is 12.4 Å². The Labute approximate surface area is 143 Å². The molecule has 0 aromatic heterocycles. The van der Waals surface area contributed by atoms with Gasteiger partial charge in [0.05, 0.1) is 23.4 Å². The molecule has 0 bridgehead atoms. The highest BCUT2D eigenvalue weighted by molar-refractivity contribution is 6.34. The molecule has 1 aliphatic carbocycles. The van der Waals surface area contributed by atoms with Gasteiger partial charge in [0.1, 0.15) is 5.82 Å². The Morgan fingerprint density at radius 2 is 1.92 bits per heavy atom. The Morgan fingerprint density at radius 3 is 2.58 bits per heavy atom. The second-order valence-corrected chi connectivity index (χ2v) is 6.08. The van der Waals surface area contributed by atoms with E-state index in [1.807, 2.05) is 0 Å². The van der Waals surface area contributed by atoms with E-state index in [9.17, 15) is 14.0 Å². The minimum absolute atomic E-state index is 0.0770. The number of nitrogens with one attached hydrogen (secondary N) is 1. The molecule has 0 saturated heterocycles. The van der Waals surface area contributed by atoms with E-state index in [2.05, 4.69) is 10.1 Å². The van der Waals surface area contributed by atoms with E-state index in [1.165, 1.54) is 37.4 Å². The van der Waals surface area contributed by atoms with Crippen molar-refractivity contribution >= 4 is 29.2 Å². The summed E-state index contributed by atoms with van der Waals surface area (Å²) in [5.74, 6) is -1.08. The van der Waals surface area contributed by atoms with Gasteiger partial charge in [-0.25, -0.2) is 9.18 Å². The van der Waals surface area contributed by atoms with Crippen LogP contribution in [-0.2, 0) is 9.53 Å². The maximum Gasteiger partial charge on any atom is 0.337 e. The van der Waals surface area contributed by atoms with Crippen LogP contribution < -0.4 is 5.32 Å². The summed E-state index contributed by atoms with van der Waals surface area (Å²) < 4.78 is 17.6. The summed E-state index contributed by atoms with van der Waals surface area (Å²) >= 11 is 6.08. The van der Waals surface area contributed by atoms with Crippen LogP contribution in [0.15, 0.2) is 42.5 Å². The fourth-order valence-corrected chi connectivity index (χ4v) is 2.82. The number of hydrogen-bond donors (Lipinski definition) is 1. The molecule has 1 aliphatic rings. The van der Waals surface area contributed by atoms with E-state index in [4.69, 9.17) is 11.6 Å². The number of rotatable bonds is 4. The zero-order valence-corrected chi connectivity index (χ0v) is 13.6. The highest BCUT2D eigenvalue weighted by Gasteiger charge is 2.44. The molecule has 4 nitrogen and oxygen atoms in total. The first-order valence-electron chi connectivity index (χ1n) is 7.44. The highest BCUT2D eigenvalue weighted by Crippen LogP contribution is 2.48. The van der Waals surface area contributed by atoms with Gasteiger partial charge in [-0.05, 0) is 48.2 Å². The molecule has 2 unspecified atom stereocenters. The van der Waals surface area contributed by atoms with E-state index in [-0.39, 0.29) is 23.6 Å². The molecule has 1 saturated carbocycles. The van der Waals surface area contributed by atoms with Crippen molar-refractivity contribution in [3.63, 3.8) is 0 Å². The van der Waals surface area contributed by atoms with Gasteiger partial charge in [-0.15, -0.1) is 0 Å². The van der Waals surface area contributed by atoms with Gasteiger partial charge in [0, 0.05) is 5.92 Å². The molecule has 1 N–H and O–H groups in total. The number of anilines is 1. The fraction of sp³-hybridized carbons (Fsp3) is 0.222. The van der Waals surface area contributed by atoms with E-state index in [0.717, 1.165) is 5.56 Å². The minimum atomic E-state index is -0.502. The zero-order chi connectivity index (χ0) is 17.3. The van der Waals surface area contributed by atoms with Crippen LogP contribution >= 0.6 is 11.6 Å². The Kier molecular flexibility index (Phi) is 4.53. The molecule has 1 fully saturated rings. The first-order valence-corrected chi connectivity index (χ1v) is 7.81. The second kappa shape index (κ2) is 6.61. The largest absolute Gasteiger partial charge is 0.465 e. The van der Waals surface area contributed by atoms with Crippen molar-refractivity contribution in [3.8, 4) is 0 Å². The van der Waals surface area contributed by atoms with Crippen LogP contribution in [0.1, 0.15) is 28.3 Å². The maximum atomic E-state index is 13.0. The normalized spacial score (nSPS) is 18.8. The Bertz CT molecular complexity index is 791. The molecule has 3 rings (SSSR count). The van der Waals surface area contributed by atoms with Crippen LogP contribution in [0.25, 0.3) is 0 Å². The van der Waals surface area contributed by atoms with Crippen LogP contribution in [0.3, 0.4) is 0 Å². The Morgan fingerprint density at radius 1 is 1.21 bits per heavy atom. The molecular formula is C18H15ClFNO3. The summed E-state index contributed by atoms with van der Waals surface area (Å²) in [6, 6.07) is 10.7. The number of halogens is 2. The summed E-state index contributed by atoms with van der Waals surface area (Å²) in [6.07, 6.45) is 0.700. The van der Waals surface area contributed by atoms with E-state index in [0.29, 0.717) is 22.7 Å². The third-order valence-corrected chi connectivity index (χ3v) is 4.40. The number of amides is 1. The molecule has 0 spiro atoms. The molecule has 24 heavy (non-hydrogen) atoms. The van der Waals surface area contributed by atoms with Crippen molar-refractivity contribution in [2.24, 2.45) is 5.92 Å². The van der Waals surface area contributed by atoms with Crippen LogP contribution in [0.2, 0.25) is 5.02 Å². The minimum Gasteiger partial charge on any atom is -0.465 e. The number of carbonyl (C=O) groups is 2. The van der Waals surface area contributed by atoms with Crippen molar-refractivity contribution in [3.05, 3.63) is 64.4 Å². The summed E-state index contributed by atoms with van der Waals surface area (Å²) in [4.78, 5) is 23.9. The Balaban J connectivity index is 1.70. The molecule has 0 heterocycles. The predicted molar refractivity (Wildman–Crippen MR) is 88.7 cm³/mol. The molecule has 0 aliphatic heterocycles. The van der Waals surface area contributed by atoms with Gasteiger partial charge in [-0.1, -0.05) is 23.7 Å². The lowest BCUT2D eigenvalue weighted by molar-refractivity contribution is -0.117. The first kappa shape index (κ1) is 16.5. The van der Waals surface area contributed by atoms with Gasteiger partial charge in [0.15, 0.2) is 0 Å². The van der Waals surface area contributed by atoms with Crippen LogP contribution in [-0.4, -0.2) is 19.0 Å². The number of hydrogen-bond acceptors (Lipinski definition) is 3. The summed E-state index contributed by atoms with van der Waals surface area (Å²) in [6.45, 7) is 0. The summed E-state index contributed by atoms with van der Waals surface area (Å²) in [5, 5.41) is 3.09. The number of benzene rings is 2. The third-order valence-electron chi connectivity index (χ3n) is 4.07. The van der Waals surface area contributed by atoms with Crippen LogP contribution in [0, 0.1) is 11.7 Å². The molecule has 2 atom stereocenters. The van der Waals surface area contributed by atoms with Gasteiger partial charge in [-0.2, -0.15) is 0 Å². The standard InChI is InChI=1S/C18H15ClFNO3/c1-24-18(23)11-4-7-15(19)16(8-11)21-17(22)14-9-13(14)10-2-5-12(20)6-3-10/h2-8,13-14H,9H2,1H3,(H,21,22). The first-order chi connectivity index (χ1) is 11.5.